The second-order valence-electron chi connectivity index (χ2n) is 6.07. The second kappa shape index (κ2) is 7.42. The molecule has 0 saturated carbocycles. The molecule has 0 amide bonds. The molecule has 2 aromatic carbocycles. The van der Waals surface area contributed by atoms with Crippen molar-refractivity contribution in [1.29, 1.82) is 0 Å². The lowest BCUT2D eigenvalue weighted by Gasteiger charge is -2.19. The average molecular weight is 281 g/mol. The van der Waals surface area contributed by atoms with E-state index in [9.17, 15) is 0 Å². The molecule has 2 rings (SSSR count). The van der Waals surface area contributed by atoms with Gasteiger partial charge in [-0.15, -0.1) is 0 Å². The Bertz CT molecular complexity index is 569. The van der Waals surface area contributed by atoms with E-state index in [4.69, 9.17) is 0 Å². The van der Waals surface area contributed by atoms with Gasteiger partial charge in [0.2, 0.25) is 0 Å². The van der Waals surface area contributed by atoms with Crippen molar-refractivity contribution in [1.82, 2.24) is 5.32 Å². The van der Waals surface area contributed by atoms with Gasteiger partial charge < -0.3 is 5.32 Å². The Morgan fingerprint density at radius 3 is 2.05 bits per heavy atom. The third kappa shape index (κ3) is 4.71. The maximum absolute atomic E-state index is 3.63. The molecular formula is C20H27N. The van der Waals surface area contributed by atoms with E-state index in [0.29, 0.717) is 6.04 Å². The molecule has 2 aromatic rings. The van der Waals surface area contributed by atoms with Crippen molar-refractivity contribution in [2.45, 2.75) is 46.6 Å². The maximum Gasteiger partial charge on any atom is 0.0148 e. The van der Waals surface area contributed by atoms with E-state index >= 15 is 0 Å². The van der Waals surface area contributed by atoms with Crippen molar-refractivity contribution < 1.29 is 0 Å². The molecule has 0 aliphatic carbocycles. The fourth-order valence-corrected chi connectivity index (χ4v) is 2.73. The van der Waals surface area contributed by atoms with Crippen LogP contribution in [0.3, 0.4) is 0 Å². The van der Waals surface area contributed by atoms with E-state index < -0.39 is 0 Å². The van der Waals surface area contributed by atoms with Gasteiger partial charge in [0.15, 0.2) is 0 Å². The molecule has 112 valence electrons. The highest BCUT2D eigenvalue weighted by molar-refractivity contribution is 5.31. The molecule has 1 unspecified atom stereocenters. The van der Waals surface area contributed by atoms with Gasteiger partial charge in [-0.1, -0.05) is 55.0 Å². The predicted molar refractivity (Wildman–Crippen MR) is 92.0 cm³/mol. The summed E-state index contributed by atoms with van der Waals surface area (Å²) < 4.78 is 0. The summed E-state index contributed by atoms with van der Waals surface area (Å²) >= 11 is 0. The predicted octanol–water partition coefficient (Wildman–Crippen LogP) is 4.38. The molecule has 1 nitrogen and oxygen atoms in total. The van der Waals surface area contributed by atoms with Crippen molar-refractivity contribution in [3.63, 3.8) is 0 Å². The lowest BCUT2D eigenvalue weighted by molar-refractivity contribution is 0.521. The van der Waals surface area contributed by atoms with Crippen LogP contribution in [-0.2, 0) is 12.8 Å². The van der Waals surface area contributed by atoms with E-state index in [1.165, 1.54) is 27.8 Å². The van der Waals surface area contributed by atoms with Gasteiger partial charge in [0.1, 0.15) is 0 Å². The fourth-order valence-electron chi connectivity index (χ4n) is 2.73. The van der Waals surface area contributed by atoms with Crippen LogP contribution in [0.4, 0.5) is 0 Å². The molecule has 0 aliphatic heterocycles. The summed E-state index contributed by atoms with van der Waals surface area (Å²) in [4.78, 5) is 0. The summed E-state index contributed by atoms with van der Waals surface area (Å²) in [5.41, 5.74) is 6.93. The molecule has 0 fully saturated rings. The molecule has 0 spiro atoms. The minimum Gasteiger partial charge on any atom is -0.314 e. The summed E-state index contributed by atoms with van der Waals surface area (Å²) in [5, 5.41) is 3.63. The van der Waals surface area contributed by atoms with E-state index in [2.05, 4.69) is 75.5 Å². The summed E-state index contributed by atoms with van der Waals surface area (Å²) in [6.07, 6.45) is 2.17. The molecule has 0 bridgehead atoms. The molecular weight excluding hydrogens is 254 g/mol. The van der Waals surface area contributed by atoms with Crippen LogP contribution in [0.1, 0.15) is 34.7 Å². The van der Waals surface area contributed by atoms with Crippen molar-refractivity contribution in [3.8, 4) is 0 Å². The zero-order chi connectivity index (χ0) is 15.2. The Hall–Kier alpha value is -1.60. The molecule has 1 N–H and O–H groups in total. The minimum atomic E-state index is 0.500. The topological polar surface area (TPSA) is 12.0 Å². The highest BCUT2D eigenvalue weighted by Crippen LogP contribution is 2.14. The van der Waals surface area contributed by atoms with Gasteiger partial charge in [0.25, 0.3) is 0 Å². The molecule has 1 atom stereocenters. The van der Waals surface area contributed by atoms with Crippen LogP contribution < -0.4 is 5.32 Å². The fraction of sp³-hybridized carbons (Fsp3) is 0.400. The summed E-state index contributed by atoms with van der Waals surface area (Å²) in [6, 6.07) is 16.2. The van der Waals surface area contributed by atoms with Gasteiger partial charge in [-0.05, 0) is 62.4 Å². The Morgan fingerprint density at radius 1 is 0.810 bits per heavy atom. The Kier molecular flexibility index (Phi) is 5.58. The largest absolute Gasteiger partial charge is 0.314 e. The first kappa shape index (κ1) is 15.8. The quantitative estimate of drug-likeness (QED) is 0.829. The first-order valence-corrected chi connectivity index (χ1v) is 7.93. The van der Waals surface area contributed by atoms with Gasteiger partial charge in [-0.25, -0.2) is 0 Å². The van der Waals surface area contributed by atoms with Crippen LogP contribution >= 0.6 is 0 Å². The van der Waals surface area contributed by atoms with Crippen LogP contribution in [0.15, 0.2) is 42.5 Å². The van der Waals surface area contributed by atoms with Crippen LogP contribution in [0.25, 0.3) is 0 Å². The molecule has 0 aromatic heterocycles. The molecule has 21 heavy (non-hydrogen) atoms. The Balaban J connectivity index is 2.07. The van der Waals surface area contributed by atoms with Crippen LogP contribution in [0.2, 0.25) is 0 Å². The van der Waals surface area contributed by atoms with E-state index in [1.54, 1.807) is 0 Å². The average Bonchev–Trinajstić information content (AvgIpc) is 2.46. The van der Waals surface area contributed by atoms with Crippen molar-refractivity contribution in [2.24, 2.45) is 0 Å². The zero-order valence-electron chi connectivity index (χ0n) is 13.7. The van der Waals surface area contributed by atoms with Crippen LogP contribution in [0, 0.1) is 20.8 Å². The maximum atomic E-state index is 3.63. The van der Waals surface area contributed by atoms with Crippen molar-refractivity contribution >= 4 is 0 Å². The molecule has 0 radical (unpaired) electrons. The number of rotatable bonds is 6. The van der Waals surface area contributed by atoms with Gasteiger partial charge in [-0.3, -0.25) is 0 Å². The lowest BCUT2D eigenvalue weighted by Crippen LogP contribution is -2.33. The number of hydrogen-bond donors (Lipinski definition) is 1. The number of likely N-dealkylation sites (N-methyl/N-ethyl adjacent to an activating group) is 1. The normalized spacial score (nSPS) is 12.4. The van der Waals surface area contributed by atoms with E-state index in [0.717, 1.165) is 19.4 Å². The number of aryl methyl sites for hydroxylation is 3. The standard InChI is InChI=1S/C20H27N/c1-5-21-20(13-18-9-6-15(2)7-10-18)14-19-11-8-16(3)17(4)12-19/h6-12,20-21H,5,13-14H2,1-4H3. The van der Waals surface area contributed by atoms with Crippen molar-refractivity contribution in [2.75, 3.05) is 6.54 Å². The summed E-state index contributed by atoms with van der Waals surface area (Å²) in [6.45, 7) is 9.71. The number of benzene rings is 2. The first-order valence-electron chi connectivity index (χ1n) is 7.93. The minimum absolute atomic E-state index is 0.500. The number of nitrogens with one attached hydrogen (secondary N) is 1. The van der Waals surface area contributed by atoms with Gasteiger partial charge in [-0.2, -0.15) is 0 Å². The smallest absolute Gasteiger partial charge is 0.0148 e. The van der Waals surface area contributed by atoms with Crippen LogP contribution in [-0.4, -0.2) is 12.6 Å². The zero-order valence-corrected chi connectivity index (χ0v) is 13.7. The summed E-state index contributed by atoms with van der Waals surface area (Å²) in [7, 11) is 0. The van der Waals surface area contributed by atoms with Crippen LogP contribution in [0.5, 0.6) is 0 Å². The third-order valence-corrected chi connectivity index (χ3v) is 4.15. The molecule has 0 saturated heterocycles. The first-order chi connectivity index (χ1) is 10.1. The van der Waals surface area contributed by atoms with E-state index in [-0.39, 0.29) is 0 Å². The monoisotopic (exact) mass is 281 g/mol. The van der Waals surface area contributed by atoms with Crippen molar-refractivity contribution in [3.05, 3.63) is 70.3 Å². The third-order valence-electron chi connectivity index (χ3n) is 4.15. The number of hydrogen-bond acceptors (Lipinski definition) is 1. The molecule has 0 aliphatic rings. The Morgan fingerprint density at radius 2 is 1.43 bits per heavy atom. The Labute approximate surface area is 129 Å². The van der Waals surface area contributed by atoms with E-state index in [1.807, 2.05) is 0 Å². The van der Waals surface area contributed by atoms with Gasteiger partial charge in [0.05, 0.1) is 0 Å². The summed E-state index contributed by atoms with van der Waals surface area (Å²) in [5.74, 6) is 0. The second-order valence-corrected chi connectivity index (χ2v) is 6.07. The highest BCUT2D eigenvalue weighted by atomic mass is 14.9. The van der Waals surface area contributed by atoms with Gasteiger partial charge >= 0.3 is 0 Å². The lowest BCUT2D eigenvalue weighted by atomic mass is 9.96. The SMILES string of the molecule is CCNC(Cc1ccc(C)cc1)Cc1ccc(C)c(C)c1. The van der Waals surface area contributed by atoms with Gasteiger partial charge in [0, 0.05) is 6.04 Å². The molecule has 1 heteroatoms. The molecule has 0 heterocycles. The highest BCUT2D eigenvalue weighted by Gasteiger charge is 2.10.